The summed E-state index contributed by atoms with van der Waals surface area (Å²) in [6.07, 6.45) is 0. The normalized spacial score (nSPS) is 12.7. The molecule has 0 N–H and O–H groups in total. The van der Waals surface area contributed by atoms with Gasteiger partial charge < -0.3 is 4.74 Å². The van der Waals surface area contributed by atoms with Crippen molar-refractivity contribution in [2.45, 2.75) is 19.5 Å². The van der Waals surface area contributed by atoms with Crippen LogP contribution in [0.5, 0.6) is 5.75 Å². The van der Waals surface area contributed by atoms with Crippen molar-refractivity contribution in [1.29, 1.82) is 0 Å². The Morgan fingerprint density at radius 2 is 2.04 bits per heavy atom. The minimum atomic E-state index is -0.328. The first-order chi connectivity index (χ1) is 11.1. The molecule has 0 spiro atoms. The van der Waals surface area contributed by atoms with Gasteiger partial charge in [-0.25, -0.2) is 9.37 Å². The number of rotatable bonds is 5. The van der Waals surface area contributed by atoms with Gasteiger partial charge in [-0.3, -0.25) is 4.90 Å². The Kier molecular flexibility index (Phi) is 4.59. The van der Waals surface area contributed by atoms with E-state index in [1.54, 1.807) is 17.4 Å². The maximum Gasteiger partial charge on any atom is 0.165 e. The Morgan fingerprint density at radius 3 is 2.74 bits per heavy atom. The smallest absolute Gasteiger partial charge is 0.165 e. The largest absolute Gasteiger partial charge is 0.494 e. The Bertz CT molecular complexity index is 785. The summed E-state index contributed by atoms with van der Waals surface area (Å²) < 4.78 is 20.0. The second-order valence-corrected chi connectivity index (χ2v) is 6.64. The number of ether oxygens (including phenoxy) is 1. The van der Waals surface area contributed by atoms with Crippen molar-refractivity contribution in [2.24, 2.45) is 0 Å². The maximum absolute atomic E-state index is 13.8. The van der Waals surface area contributed by atoms with Gasteiger partial charge in [0, 0.05) is 6.54 Å². The third-order valence-electron chi connectivity index (χ3n) is 3.98. The van der Waals surface area contributed by atoms with Crippen LogP contribution in [0.3, 0.4) is 0 Å². The molecule has 3 nitrogen and oxygen atoms in total. The highest BCUT2D eigenvalue weighted by atomic mass is 32.1. The number of hydrogen-bond donors (Lipinski definition) is 0. The maximum atomic E-state index is 13.8. The fraction of sp³-hybridized carbons (Fsp3) is 0.278. The van der Waals surface area contributed by atoms with E-state index in [0.717, 1.165) is 16.1 Å². The van der Waals surface area contributed by atoms with Gasteiger partial charge in [-0.1, -0.05) is 18.2 Å². The van der Waals surface area contributed by atoms with Gasteiger partial charge in [0.05, 0.1) is 23.4 Å². The zero-order valence-electron chi connectivity index (χ0n) is 13.4. The van der Waals surface area contributed by atoms with Crippen LogP contribution in [0.4, 0.5) is 4.39 Å². The molecule has 0 radical (unpaired) electrons. The third-order valence-corrected chi connectivity index (χ3v) is 5.18. The van der Waals surface area contributed by atoms with Crippen LogP contribution in [0.15, 0.2) is 42.5 Å². The molecule has 0 aliphatic heterocycles. The van der Waals surface area contributed by atoms with E-state index >= 15 is 0 Å². The quantitative estimate of drug-likeness (QED) is 0.681. The lowest BCUT2D eigenvalue weighted by atomic mass is 10.2. The highest BCUT2D eigenvalue weighted by molar-refractivity contribution is 7.18. The molecule has 2 aromatic carbocycles. The Labute approximate surface area is 139 Å². The summed E-state index contributed by atoms with van der Waals surface area (Å²) in [5.41, 5.74) is 1.95. The van der Waals surface area contributed by atoms with E-state index in [1.807, 2.05) is 31.3 Å². The van der Waals surface area contributed by atoms with Crippen molar-refractivity contribution in [2.75, 3.05) is 14.2 Å². The number of halogens is 1. The fourth-order valence-electron chi connectivity index (χ4n) is 2.49. The first-order valence-corrected chi connectivity index (χ1v) is 8.28. The number of nitrogens with zero attached hydrogens (tertiary/aromatic N) is 2. The topological polar surface area (TPSA) is 25.4 Å². The molecule has 0 saturated heterocycles. The second kappa shape index (κ2) is 6.64. The summed E-state index contributed by atoms with van der Waals surface area (Å²) in [7, 11) is 3.50. The lowest BCUT2D eigenvalue weighted by Crippen LogP contribution is -2.21. The minimum absolute atomic E-state index is 0.164. The van der Waals surface area contributed by atoms with Gasteiger partial charge in [0.15, 0.2) is 11.6 Å². The van der Waals surface area contributed by atoms with Crippen LogP contribution in [-0.4, -0.2) is 24.0 Å². The number of para-hydroxylation sites is 1. The average Bonchev–Trinajstić information content (AvgIpc) is 2.98. The van der Waals surface area contributed by atoms with E-state index in [0.29, 0.717) is 6.54 Å². The molecule has 0 amide bonds. The highest BCUT2D eigenvalue weighted by Crippen LogP contribution is 2.29. The molecule has 0 fully saturated rings. The average molecular weight is 330 g/mol. The van der Waals surface area contributed by atoms with Crippen LogP contribution < -0.4 is 4.74 Å². The lowest BCUT2D eigenvalue weighted by Gasteiger charge is -2.23. The molecule has 1 aromatic heterocycles. The SMILES string of the molecule is COc1ccc(CN(C)[C@H](C)c2nc3ccccc3s2)cc1F. The zero-order chi connectivity index (χ0) is 16.4. The van der Waals surface area contributed by atoms with Gasteiger partial charge in [-0.15, -0.1) is 11.3 Å². The molecular weight excluding hydrogens is 311 g/mol. The first-order valence-electron chi connectivity index (χ1n) is 7.46. The molecule has 0 aliphatic rings. The highest BCUT2D eigenvalue weighted by Gasteiger charge is 2.17. The molecule has 5 heteroatoms. The Balaban J connectivity index is 1.76. The van der Waals surface area contributed by atoms with Gasteiger partial charge in [-0.2, -0.15) is 0 Å². The van der Waals surface area contributed by atoms with Crippen molar-refractivity contribution in [3.8, 4) is 5.75 Å². The van der Waals surface area contributed by atoms with E-state index in [4.69, 9.17) is 9.72 Å². The van der Waals surface area contributed by atoms with E-state index < -0.39 is 0 Å². The molecule has 3 aromatic rings. The summed E-state index contributed by atoms with van der Waals surface area (Å²) in [5, 5.41) is 1.07. The van der Waals surface area contributed by atoms with Gasteiger partial charge in [-0.05, 0) is 43.8 Å². The summed E-state index contributed by atoms with van der Waals surface area (Å²) in [6, 6.07) is 13.4. The summed E-state index contributed by atoms with van der Waals surface area (Å²) in [6.45, 7) is 2.77. The van der Waals surface area contributed by atoms with Crippen LogP contribution in [-0.2, 0) is 6.54 Å². The number of fused-ring (bicyclic) bond motifs is 1. The number of thiazole rings is 1. The van der Waals surface area contributed by atoms with Crippen LogP contribution in [0, 0.1) is 5.82 Å². The predicted molar refractivity (Wildman–Crippen MR) is 92.5 cm³/mol. The Morgan fingerprint density at radius 1 is 1.26 bits per heavy atom. The fourth-order valence-corrected chi connectivity index (χ4v) is 3.58. The third kappa shape index (κ3) is 3.35. The molecule has 0 aliphatic carbocycles. The van der Waals surface area contributed by atoms with Gasteiger partial charge in [0.2, 0.25) is 0 Å². The monoisotopic (exact) mass is 330 g/mol. The van der Waals surface area contributed by atoms with Crippen LogP contribution in [0.25, 0.3) is 10.2 Å². The van der Waals surface area contributed by atoms with Crippen molar-refractivity contribution in [3.63, 3.8) is 0 Å². The number of benzene rings is 2. The molecule has 23 heavy (non-hydrogen) atoms. The Hall–Kier alpha value is -1.98. The van der Waals surface area contributed by atoms with Gasteiger partial charge in [0.25, 0.3) is 0 Å². The lowest BCUT2D eigenvalue weighted by molar-refractivity contribution is 0.252. The van der Waals surface area contributed by atoms with E-state index in [9.17, 15) is 4.39 Å². The van der Waals surface area contributed by atoms with Crippen LogP contribution in [0.2, 0.25) is 0 Å². The standard InChI is InChI=1S/C18H19FN2OS/c1-12(18-20-15-6-4-5-7-17(15)23-18)21(2)11-13-8-9-16(22-3)14(19)10-13/h4-10,12H,11H2,1-3H3/t12-/m1/s1. The number of aromatic nitrogens is 1. The summed E-state index contributed by atoms with van der Waals surface area (Å²) >= 11 is 1.71. The first kappa shape index (κ1) is 15.9. The summed E-state index contributed by atoms with van der Waals surface area (Å²) in [4.78, 5) is 6.87. The molecular formula is C18H19FN2OS. The predicted octanol–water partition coefficient (Wildman–Crippen LogP) is 4.64. The van der Waals surface area contributed by atoms with Crippen molar-refractivity contribution < 1.29 is 9.13 Å². The van der Waals surface area contributed by atoms with Gasteiger partial charge >= 0.3 is 0 Å². The molecule has 3 rings (SSSR count). The molecule has 0 saturated carbocycles. The molecule has 0 unspecified atom stereocenters. The second-order valence-electron chi connectivity index (χ2n) is 5.58. The number of hydrogen-bond acceptors (Lipinski definition) is 4. The van der Waals surface area contributed by atoms with Crippen molar-refractivity contribution >= 4 is 21.6 Å². The number of methoxy groups -OCH3 is 1. The molecule has 120 valence electrons. The van der Waals surface area contributed by atoms with E-state index in [-0.39, 0.29) is 17.6 Å². The van der Waals surface area contributed by atoms with E-state index in [1.165, 1.54) is 17.9 Å². The van der Waals surface area contributed by atoms with Gasteiger partial charge in [0.1, 0.15) is 5.01 Å². The molecule has 0 bridgehead atoms. The summed E-state index contributed by atoms with van der Waals surface area (Å²) in [5.74, 6) is -0.0540. The zero-order valence-corrected chi connectivity index (χ0v) is 14.2. The van der Waals surface area contributed by atoms with Crippen LogP contribution >= 0.6 is 11.3 Å². The molecule has 1 heterocycles. The van der Waals surface area contributed by atoms with Crippen LogP contribution in [0.1, 0.15) is 23.5 Å². The van der Waals surface area contributed by atoms with E-state index in [2.05, 4.69) is 17.9 Å². The van der Waals surface area contributed by atoms with Crippen molar-refractivity contribution in [1.82, 2.24) is 9.88 Å². The molecule has 1 atom stereocenters. The van der Waals surface area contributed by atoms with Crippen molar-refractivity contribution in [3.05, 3.63) is 58.9 Å². The minimum Gasteiger partial charge on any atom is -0.494 e.